The van der Waals surface area contributed by atoms with Crippen LogP contribution in [0.5, 0.6) is 5.75 Å². The van der Waals surface area contributed by atoms with Crippen LogP contribution in [-0.4, -0.2) is 15.3 Å². The fourth-order valence-corrected chi connectivity index (χ4v) is 1.46. The summed E-state index contributed by atoms with van der Waals surface area (Å²) in [4.78, 5) is 0. The van der Waals surface area contributed by atoms with Gasteiger partial charge in [0.15, 0.2) is 0 Å². The third-order valence-corrected chi connectivity index (χ3v) is 2.21. The average Bonchev–Trinajstić information content (AvgIpc) is 2.58. The third kappa shape index (κ3) is 1.29. The standard InChI is InChI=1S/C8H6N2OS/c11-7-3-1-6(2-4-7)8-10-9-5-12-8/h1-5,11H. The summed E-state index contributed by atoms with van der Waals surface area (Å²) in [6, 6.07) is 6.90. The molecule has 12 heavy (non-hydrogen) atoms. The van der Waals surface area contributed by atoms with Crippen molar-refractivity contribution < 1.29 is 5.11 Å². The van der Waals surface area contributed by atoms with Gasteiger partial charge in [0.25, 0.3) is 0 Å². The van der Waals surface area contributed by atoms with Gasteiger partial charge in [-0.1, -0.05) is 11.3 Å². The van der Waals surface area contributed by atoms with Gasteiger partial charge in [0, 0.05) is 5.56 Å². The molecule has 3 nitrogen and oxygen atoms in total. The molecule has 1 aromatic heterocycles. The lowest BCUT2D eigenvalue weighted by Gasteiger charge is -1.93. The first-order chi connectivity index (χ1) is 5.86. The van der Waals surface area contributed by atoms with Crippen LogP contribution in [0.1, 0.15) is 0 Å². The van der Waals surface area contributed by atoms with E-state index in [1.54, 1.807) is 17.6 Å². The maximum absolute atomic E-state index is 9.02. The fraction of sp³-hybridized carbons (Fsp3) is 0. The number of phenols is 1. The Balaban J connectivity index is 2.43. The Morgan fingerprint density at radius 3 is 2.50 bits per heavy atom. The van der Waals surface area contributed by atoms with Crippen molar-refractivity contribution >= 4 is 11.3 Å². The topological polar surface area (TPSA) is 46.0 Å². The van der Waals surface area contributed by atoms with Gasteiger partial charge in [-0.3, -0.25) is 0 Å². The molecule has 0 atom stereocenters. The molecule has 0 fully saturated rings. The molecule has 1 heterocycles. The van der Waals surface area contributed by atoms with Crippen molar-refractivity contribution in [2.45, 2.75) is 0 Å². The maximum Gasteiger partial charge on any atom is 0.147 e. The molecule has 0 aliphatic heterocycles. The Hall–Kier alpha value is -1.42. The molecule has 0 aliphatic carbocycles. The third-order valence-electron chi connectivity index (χ3n) is 1.47. The molecule has 0 bridgehead atoms. The Bertz CT molecular complexity index is 355. The number of hydrogen-bond donors (Lipinski definition) is 1. The molecule has 1 aromatic carbocycles. The number of nitrogens with zero attached hydrogens (tertiary/aromatic N) is 2. The number of aromatic hydroxyl groups is 1. The number of benzene rings is 1. The van der Waals surface area contributed by atoms with Crippen molar-refractivity contribution in [1.29, 1.82) is 0 Å². The van der Waals surface area contributed by atoms with Gasteiger partial charge in [0.1, 0.15) is 16.3 Å². The van der Waals surface area contributed by atoms with Gasteiger partial charge in [0.2, 0.25) is 0 Å². The Morgan fingerprint density at radius 1 is 1.17 bits per heavy atom. The molecule has 2 aromatic rings. The van der Waals surface area contributed by atoms with E-state index in [0.717, 1.165) is 10.6 Å². The molecule has 0 saturated carbocycles. The summed E-state index contributed by atoms with van der Waals surface area (Å²) in [5, 5.41) is 17.5. The van der Waals surface area contributed by atoms with Crippen LogP contribution >= 0.6 is 11.3 Å². The van der Waals surface area contributed by atoms with Crippen LogP contribution in [0.15, 0.2) is 29.8 Å². The molecule has 0 saturated heterocycles. The van der Waals surface area contributed by atoms with E-state index in [9.17, 15) is 0 Å². The minimum Gasteiger partial charge on any atom is -0.508 e. The van der Waals surface area contributed by atoms with Crippen molar-refractivity contribution in [3.05, 3.63) is 29.8 Å². The van der Waals surface area contributed by atoms with Gasteiger partial charge in [-0.15, -0.1) is 10.2 Å². The SMILES string of the molecule is Oc1ccc(-c2nncs2)cc1. The molecular weight excluding hydrogens is 172 g/mol. The van der Waals surface area contributed by atoms with E-state index in [2.05, 4.69) is 10.2 Å². The first-order valence-corrected chi connectivity index (χ1v) is 4.30. The highest BCUT2D eigenvalue weighted by molar-refractivity contribution is 7.12. The van der Waals surface area contributed by atoms with Gasteiger partial charge in [0.05, 0.1) is 0 Å². The van der Waals surface area contributed by atoms with Crippen LogP contribution < -0.4 is 0 Å². The van der Waals surface area contributed by atoms with Crippen LogP contribution in [-0.2, 0) is 0 Å². The first kappa shape index (κ1) is 7.24. The van der Waals surface area contributed by atoms with Crippen LogP contribution in [0.25, 0.3) is 10.6 Å². The molecule has 0 spiro atoms. The van der Waals surface area contributed by atoms with Gasteiger partial charge >= 0.3 is 0 Å². The van der Waals surface area contributed by atoms with E-state index in [0.29, 0.717) is 0 Å². The molecule has 1 N–H and O–H groups in total. The summed E-state index contributed by atoms with van der Waals surface area (Å²) >= 11 is 1.48. The van der Waals surface area contributed by atoms with Crippen molar-refractivity contribution in [1.82, 2.24) is 10.2 Å². The lowest BCUT2D eigenvalue weighted by atomic mass is 10.2. The Labute approximate surface area is 73.3 Å². The molecular formula is C8H6N2OS. The predicted molar refractivity (Wildman–Crippen MR) is 47.0 cm³/mol. The smallest absolute Gasteiger partial charge is 0.147 e. The summed E-state index contributed by atoms with van der Waals surface area (Å²) < 4.78 is 0. The van der Waals surface area contributed by atoms with Crippen LogP contribution in [0.3, 0.4) is 0 Å². The fourth-order valence-electron chi connectivity index (χ4n) is 0.903. The number of phenolic OH excluding ortho intramolecular Hbond substituents is 1. The van der Waals surface area contributed by atoms with Crippen molar-refractivity contribution in [2.75, 3.05) is 0 Å². The molecule has 4 heteroatoms. The average molecular weight is 178 g/mol. The van der Waals surface area contributed by atoms with E-state index in [-0.39, 0.29) is 5.75 Å². The normalized spacial score (nSPS) is 10.0. The summed E-state index contributed by atoms with van der Waals surface area (Å²) in [6.07, 6.45) is 0. The maximum atomic E-state index is 9.02. The molecule has 60 valence electrons. The Morgan fingerprint density at radius 2 is 1.92 bits per heavy atom. The second kappa shape index (κ2) is 2.91. The van der Waals surface area contributed by atoms with Crippen molar-refractivity contribution in [2.24, 2.45) is 0 Å². The van der Waals surface area contributed by atoms with E-state index in [1.807, 2.05) is 12.1 Å². The zero-order valence-electron chi connectivity index (χ0n) is 6.14. The Kier molecular flexibility index (Phi) is 1.75. The summed E-state index contributed by atoms with van der Waals surface area (Å²) in [5.41, 5.74) is 2.66. The molecule has 0 radical (unpaired) electrons. The van der Waals surface area contributed by atoms with E-state index in [1.165, 1.54) is 11.3 Å². The highest BCUT2D eigenvalue weighted by atomic mass is 32.1. The monoisotopic (exact) mass is 178 g/mol. The molecule has 2 rings (SSSR count). The van der Waals surface area contributed by atoms with Crippen LogP contribution in [0.2, 0.25) is 0 Å². The van der Waals surface area contributed by atoms with Crippen LogP contribution in [0.4, 0.5) is 0 Å². The highest BCUT2D eigenvalue weighted by Gasteiger charge is 1.99. The predicted octanol–water partition coefficient (Wildman–Crippen LogP) is 1.91. The zero-order chi connectivity index (χ0) is 8.39. The minimum atomic E-state index is 0.267. The minimum absolute atomic E-state index is 0.267. The van der Waals surface area contributed by atoms with E-state index in [4.69, 9.17) is 5.11 Å². The van der Waals surface area contributed by atoms with Crippen LogP contribution in [0, 0.1) is 0 Å². The number of rotatable bonds is 1. The summed E-state index contributed by atoms with van der Waals surface area (Å²) in [7, 11) is 0. The van der Waals surface area contributed by atoms with Gasteiger partial charge in [-0.2, -0.15) is 0 Å². The van der Waals surface area contributed by atoms with Gasteiger partial charge in [-0.25, -0.2) is 0 Å². The lowest BCUT2D eigenvalue weighted by molar-refractivity contribution is 0.475. The molecule has 0 unspecified atom stereocenters. The first-order valence-electron chi connectivity index (χ1n) is 3.42. The largest absolute Gasteiger partial charge is 0.508 e. The second-order valence-electron chi connectivity index (χ2n) is 2.29. The molecule has 0 amide bonds. The van der Waals surface area contributed by atoms with Gasteiger partial charge in [-0.05, 0) is 24.3 Å². The summed E-state index contributed by atoms with van der Waals surface area (Å²) in [6.45, 7) is 0. The second-order valence-corrected chi connectivity index (χ2v) is 3.12. The zero-order valence-corrected chi connectivity index (χ0v) is 6.95. The highest BCUT2D eigenvalue weighted by Crippen LogP contribution is 2.22. The summed E-state index contributed by atoms with van der Waals surface area (Å²) in [5.74, 6) is 0.267. The quantitative estimate of drug-likeness (QED) is 0.725. The molecule has 0 aliphatic rings. The van der Waals surface area contributed by atoms with Crippen molar-refractivity contribution in [3.63, 3.8) is 0 Å². The number of hydrogen-bond acceptors (Lipinski definition) is 4. The van der Waals surface area contributed by atoms with E-state index < -0.39 is 0 Å². The van der Waals surface area contributed by atoms with E-state index >= 15 is 0 Å². The van der Waals surface area contributed by atoms with Gasteiger partial charge < -0.3 is 5.11 Å². The number of aromatic nitrogens is 2. The lowest BCUT2D eigenvalue weighted by Crippen LogP contribution is -1.75. The van der Waals surface area contributed by atoms with Crippen molar-refractivity contribution in [3.8, 4) is 16.3 Å².